The molecule has 0 saturated carbocycles. The highest BCUT2D eigenvalue weighted by atomic mass is 79.9. The zero-order valence-electron chi connectivity index (χ0n) is 8.79. The molecule has 0 heterocycles. The number of nitro groups is 1. The van der Waals surface area contributed by atoms with Gasteiger partial charge in [0.1, 0.15) is 4.32 Å². The summed E-state index contributed by atoms with van der Waals surface area (Å²) in [5.41, 5.74) is 0.159. The highest BCUT2D eigenvalue weighted by Crippen LogP contribution is 2.46. The lowest BCUT2D eigenvalue weighted by molar-refractivity contribution is -0.384. The lowest BCUT2D eigenvalue weighted by Crippen LogP contribution is -2.39. The Bertz CT molecular complexity index is 421. The van der Waals surface area contributed by atoms with Gasteiger partial charge in [0.25, 0.3) is 11.6 Å². The fraction of sp³-hybridized carbons (Fsp3) is 0.400. The molecule has 0 saturated heterocycles. The summed E-state index contributed by atoms with van der Waals surface area (Å²) in [5.74, 6) is -3.01. The fourth-order valence-electron chi connectivity index (χ4n) is 1.23. The lowest BCUT2D eigenvalue weighted by atomic mass is 9.95. The van der Waals surface area contributed by atoms with Crippen molar-refractivity contribution in [2.24, 2.45) is 0 Å². The second kappa shape index (κ2) is 4.97. The largest absolute Gasteiger partial charge is 0.276 e. The van der Waals surface area contributed by atoms with Crippen LogP contribution in [0.1, 0.15) is 12.5 Å². The van der Waals surface area contributed by atoms with Crippen LogP contribution in [0.3, 0.4) is 0 Å². The molecule has 0 N–H and O–H groups in total. The molecule has 3 nitrogen and oxygen atoms in total. The molecule has 1 rings (SSSR count). The van der Waals surface area contributed by atoms with E-state index < -0.39 is 20.5 Å². The predicted octanol–water partition coefficient (Wildman–Crippen LogP) is 4.24. The van der Waals surface area contributed by atoms with Crippen LogP contribution in [0, 0.1) is 10.1 Å². The minimum Gasteiger partial charge on any atom is -0.258 e. The van der Waals surface area contributed by atoms with Crippen LogP contribution in [-0.2, 0) is 4.32 Å². The number of alkyl halides is 4. The molecule has 17 heavy (non-hydrogen) atoms. The fourth-order valence-corrected chi connectivity index (χ4v) is 2.57. The van der Waals surface area contributed by atoms with Gasteiger partial charge < -0.3 is 0 Å². The number of non-ortho nitro benzene ring substituents is 1. The van der Waals surface area contributed by atoms with Gasteiger partial charge in [0.15, 0.2) is 0 Å². The Kier molecular flexibility index (Phi) is 4.24. The summed E-state index contributed by atoms with van der Waals surface area (Å²) in [5, 5.41) is 9.95. The maximum Gasteiger partial charge on any atom is 0.276 e. The average Bonchev–Trinajstić information content (AvgIpc) is 2.28. The molecular formula is C10H9Br2F2NO2. The molecule has 94 valence electrons. The summed E-state index contributed by atoms with van der Waals surface area (Å²) in [7, 11) is 0. The third kappa shape index (κ3) is 2.82. The predicted molar refractivity (Wildman–Crippen MR) is 68.1 cm³/mol. The summed E-state index contributed by atoms with van der Waals surface area (Å²) >= 11 is 5.74. The molecule has 1 aromatic rings. The Hall–Kier alpha value is -0.560. The molecule has 0 radical (unpaired) electrons. The number of hydrogen-bond donors (Lipinski definition) is 0. The Morgan fingerprint density at radius 3 is 2.18 bits per heavy atom. The summed E-state index contributed by atoms with van der Waals surface area (Å²) in [6, 6.07) is 5.06. The average molecular weight is 373 g/mol. The number of hydrogen-bond acceptors (Lipinski definition) is 2. The van der Waals surface area contributed by atoms with Crippen LogP contribution in [0.25, 0.3) is 0 Å². The van der Waals surface area contributed by atoms with E-state index in [1.165, 1.54) is 31.2 Å². The van der Waals surface area contributed by atoms with E-state index in [-0.39, 0.29) is 11.3 Å². The first kappa shape index (κ1) is 14.5. The topological polar surface area (TPSA) is 43.1 Å². The van der Waals surface area contributed by atoms with E-state index in [4.69, 9.17) is 0 Å². The van der Waals surface area contributed by atoms with Crippen LogP contribution in [0.2, 0.25) is 0 Å². The summed E-state index contributed by atoms with van der Waals surface area (Å²) < 4.78 is 25.7. The second-order valence-corrected chi connectivity index (χ2v) is 5.79. The molecular weight excluding hydrogens is 364 g/mol. The Morgan fingerprint density at radius 1 is 1.35 bits per heavy atom. The molecule has 7 heteroatoms. The number of nitrogens with zero attached hydrogens (tertiary/aromatic N) is 1. The van der Waals surface area contributed by atoms with Crippen molar-refractivity contribution in [1.29, 1.82) is 0 Å². The van der Waals surface area contributed by atoms with Crippen LogP contribution in [-0.4, -0.2) is 16.2 Å². The van der Waals surface area contributed by atoms with Gasteiger partial charge in [-0.05, 0) is 12.5 Å². The third-order valence-corrected chi connectivity index (χ3v) is 4.22. The summed E-state index contributed by atoms with van der Waals surface area (Å²) in [6.07, 6.45) is 0. The van der Waals surface area contributed by atoms with E-state index in [9.17, 15) is 18.9 Å². The molecule has 0 aromatic heterocycles. The first-order chi connectivity index (χ1) is 7.72. The van der Waals surface area contributed by atoms with Crippen molar-refractivity contribution < 1.29 is 13.7 Å². The lowest BCUT2D eigenvalue weighted by Gasteiger charge is -2.31. The second-order valence-electron chi connectivity index (χ2n) is 3.65. The highest BCUT2D eigenvalue weighted by molar-refractivity contribution is 9.10. The van der Waals surface area contributed by atoms with Crippen molar-refractivity contribution in [2.45, 2.75) is 17.2 Å². The number of nitro benzene ring substituents is 1. The van der Waals surface area contributed by atoms with E-state index in [1.807, 2.05) is 0 Å². The quantitative estimate of drug-likeness (QED) is 0.450. The molecule has 0 fully saturated rings. The van der Waals surface area contributed by atoms with Gasteiger partial charge in [-0.1, -0.05) is 44.0 Å². The van der Waals surface area contributed by atoms with Gasteiger partial charge in [-0.3, -0.25) is 10.1 Å². The molecule has 0 aliphatic carbocycles. The van der Waals surface area contributed by atoms with Crippen LogP contribution in [0.4, 0.5) is 14.5 Å². The van der Waals surface area contributed by atoms with Gasteiger partial charge in [-0.2, -0.15) is 0 Å². The maximum atomic E-state index is 13.6. The minimum atomic E-state index is -3.01. The van der Waals surface area contributed by atoms with Gasteiger partial charge in [0, 0.05) is 12.1 Å². The monoisotopic (exact) mass is 371 g/mol. The first-order valence-corrected chi connectivity index (χ1v) is 6.51. The third-order valence-electron chi connectivity index (χ3n) is 2.47. The molecule has 0 amide bonds. The van der Waals surface area contributed by atoms with Crippen LogP contribution in [0.5, 0.6) is 0 Å². The molecule has 1 atom stereocenters. The Balaban J connectivity index is 3.12. The molecule has 0 bridgehead atoms. The smallest absolute Gasteiger partial charge is 0.258 e. The maximum absolute atomic E-state index is 13.6. The van der Waals surface area contributed by atoms with Crippen molar-refractivity contribution >= 4 is 37.5 Å². The molecule has 0 spiro atoms. The summed E-state index contributed by atoms with van der Waals surface area (Å²) in [4.78, 5) is 9.88. The van der Waals surface area contributed by atoms with Gasteiger partial charge in [0.05, 0.1) is 10.3 Å². The molecule has 0 aliphatic rings. The highest BCUT2D eigenvalue weighted by Gasteiger charge is 2.48. The molecule has 1 aromatic carbocycles. The SMILES string of the molecule is CC(Br)(c1ccc([N+](=O)[O-])cc1)C(F)(F)CBr. The summed E-state index contributed by atoms with van der Waals surface area (Å²) in [6.45, 7) is 1.33. The van der Waals surface area contributed by atoms with Crippen molar-refractivity contribution in [3.05, 3.63) is 39.9 Å². The van der Waals surface area contributed by atoms with E-state index in [0.29, 0.717) is 0 Å². The zero-order valence-corrected chi connectivity index (χ0v) is 12.0. The number of rotatable bonds is 4. The van der Waals surface area contributed by atoms with Crippen LogP contribution in [0.15, 0.2) is 24.3 Å². The van der Waals surface area contributed by atoms with E-state index in [2.05, 4.69) is 31.9 Å². The van der Waals surface area contributed by atoms with Crippen molar-refractivity contribution in [3.63, 3.8) is 0 Å². The van der Waals surface area contributed by atoms with Gasteiger partial charge >= 0.3 is 0 Å². The van der Waals surface area contributed by atoms with Crippen molar-refractivity contribution in [3.8, 4) is 0 Å². The normalized spacial score (nSPS) is 15.4. The van der Waals surface area contributed by atoms with E-state index in [1.54, 1.807) is 0 Å². The van der Waals surface area contributed by atoms with Gasteiger partial charge in [0.2, 0.25) is 0 Å². The molecule has 1 unspecified atom stereocenters. The standard InChI is InChI=1S/C10H9Br2F2NO2/c1-9(12,10(13,14)6-11)7-2-4-8(5-3-7)15(16)17/h2-5H,6H2,1H3. The zero-order chi connectivity index (χ0) is 13.3. The Morgan fingerprint density at radius 2 is 1.82 bits per heavy atom. The van der Waals surface area contributed by atoms with Gasteiger partial charge in [-0.25, -0.2) is 8.78 Å². The Labute approximate surface area is 114 Å². The van der Waals surface area contributed by atoms with Crippen molar-refractivity contribution in [1.82, 2.24) is 0 Å². The van der Waals surface area contributed by atoms with Crippen LogP contribution >= 0.6 is 31.9 Å². The van der Waals surface area contributed by atoms with Crippen molar-refractivity contribution in [2.75, 3.05) is 5.33 Å². The number of halogens is 4. The van der Waals surface area contributed by atoms with E-state index >= 15 is 0 Å². The first-order valence-electron chi connectivity index (χ1n) is 4.60. The molecule has 0 aliphatic heterocycles. The number of benzene rings is 1. The van der Waals surface area contributed by atoms with E-state index in [0.717, 1.165) is 0 Å². The van der Waals surface area contributed by atoms with Crippen LogP contribution < -0.4 is 0 Å². The minimum absolute atomic E-state index is 0.126. The van der Waals surface area contributed by atoms with Gasteiger partial charge in [-0.15, -0.1) is 0 Å².